The fourth-order valence-corrected chi connectivity index (χ4v) is 3.05. The summed E-state index contributed by atoms with van der Waals surface area (Å²) in [6, 6.07) is 22.5. The first-order chi connectivity index (χ1) is 13.5. The molecule has 3 aromatic rings. The van der Waals surface area contributed by atoms with Gasteiger partial charge in [0, 0.05) is 24.6 Å². The molecule has 0 unspecified atom stereocenters. The molecule has 0 aliphatic rings. The van der Waals surface area contributed by atoms with E-state index in [-0.39, 0.29) is 5.91 Å². The Morgan fingerprint density at radius 1 is 0.893 bits per heavy atom. The second-order valence-electron chi connectivity index (χ2n) is 6.37. The van der Waals surface area contributed by atoms with Gasteiger partial charge in [0.1, 0.15) is 5.75 Å². The summed E-state index contributed by atoms with van der Waals surface area (Å²) in [5, 5.41) is 2.72. The van der Waals surface area contributed by atoms with Crippen molar-refractivity contribution in [2.45, 2.75) is 13.3 Å². The number of nitrogens with one attached hydrogen (secondary N) is 1. The number of hydrogen-bond acceptors (Lipinski definition) is 3. The molecule has 3 N–H and O–H groups in total. The van der Waals surface area contributed by atoms with Crippen molar-refractivity contribution in [2.24, 2.45) is 5.73 Å². The standard InChI is InChI=1S/C23H22N2O3/c1-16(26)25-18-10-12-19(13-11-18)28-15-14-17-6-2-3-7-20(17)21-8-4-5-9-22(21)23(24)27/h2-13H,14-15H2,1H3,(H2,24,27)(H,25,26). The summed E-state index contributed by atoms with van der Waals surface area (Å²) < 4.78 is 5.83. The third kappa shape index (κ3) is 4.76. The maximum absolute atomic E-state index is 11.8. The fraction of sp³-hybridized carbons (Fsp3) is 0.130. The predicted molar refractivity (Wildman–Crippen MR) is 110 cm³/mol. The van der Waals surface area contributed by atoms with Gasteiger partial charge in [-0.1, -0.05) is 42.5 Å². The van der Waals surface area contributed by atoms with Crippen LogP contribution in [-0.2, 0) is 11.2 Å². The molecule has 0 atom stereocenters. The van der Waals surface area contributed by atoms with Crippen LogP contribution in [0.1, 0.15) is 22.8 Å². The molecule has 3 rings (SSSR count). The van der Waals surface area contributed by atoms with Crippen LogP contribution in [0.4, 0.5) is 5.69 Å². The molecule has 142 valence electrons. The highest BCUT2D eigenvalue weighted by Crippen LogP contribution is 2.27. The molecule has 0 aliphatic heterocycles. The SMILES string of the molecule is CC(=O)Nc1ccc(OCCc2ccccc2-c2ccccc2C(N)=O)cc1. The summed E-state index contributed by atoms with van der Waals surface area (Å²) in [7, 11) is 0. The van der Waals surface area contributed by atoms with E-state index < -0.39 is 5.91 Å². The van der Waals surface area contributed by atoms with Gasteiger partial charge in [-0.15, -0.1) is 0 Å². The molecule has 3 aromatic carbocycles. The van der Waals surface area contributed by atoms with Gasteiger partial charge < -0.3 is 15.8 Å². The third-order valence-corrected chi connectivity index (χ3v) is 4.31. The molecular formula is C23H22N2O3. The lowest BCUT2D eigenvalue weighted by molar-refractivity contribution is -0.114. The van der Waals surface area contributed by atoms with Crippen molar-refractivity contribution in [3.8, 4) is 16.9 Å². The van der Waals surface area contributed by atoms with Crippen LogP contribution >= 0.6 is 0 Å². The lowest BCUT2D eigenvalue weighted by atomic mass is 9.94. The fourth-order valence-electron chi connectivity index (χ4n) is 3.05. The molecule has 0 saturated heterocycles. The van der Waals surface area contributed by atoms with Crippen LogP contribution in [0.2, 0.25) is 0 Å². The molecule has 0 aliphatic carbocycles. The Labute approximate surface area is 164 Å². The normalized spacial score (nSPS) is 10.3. The molecule has 5 heteroatoms. The monoisotopic (exact) mass is 374 g/mol. The molecule has 0 bridgehead atoms. The second-order valence-corrected chi connectivity index (χ2v) is 6.37. The number of amides is 2. The van der Waals surface area contributed by atoms with Crippen LogP contribution in [0.15, 0.2) is 72.8 Å². The minimum absolute atomic E-state index is 0.110. The number of primary amides is 1. The molecule has 28 heavy (non-hydrogen) atoms. The molecule has 0 radical (unpaired) electrons. The van der Waals surface area contributed by atoms with Crippen molar-refractivity contribution in [3.63, 3.8) is 0 Å². The summed E-state index contributed by atoms with van der Waals surface area (Å²) in [5.74, 6) is 0.173. The minimum Gasteiger partial charge on any atom is -0.493 e. The lowest BCUT2D eigenvalue weighted by Gasteiger charge is -2.13. The Bertz CT molecular complexity index is 981. The van der Waals surface area contributed by atoms with E-state index >= 15 is 0 Å². The molecule has 0 fully saturated rings. The van der Waals surface area contributed by atoms with Crippen LogP contribution in [0, 0.1) is 0 Å². The number of benzene rings is 3. The minimum atomic E-state index is -0.444. The summed E-state index contributed by atoms with van der Waals surface area (Å²) in [4.78, 5) is 22.8. The lowest BCUT2D eigenvalue weighted by Crippen LogP contribution is -2.12. The van der Waals surface area contributed by atoms with Gasteiger partial charge in [0.15, 0.2) is 0 Å². The maximum Gasteiger partial charge on any atom is 0.249 e. The summed E-state index contributed by atoms with van der Waals surface area (Å²) >= 11 is 0. The summed E-state index contributed by atoms with van der Waals surface area (Å²) in [6.07, 6.45) is 0.677. The molecule has 0 heterocycles. The van der Waals surface area contributed by atoms with Gasteiger partial charge in [-0.25, -0.2) is 0 Å². The van der Waals surface area contributed by atoms with Gasteiger partial charge in [0.25, 0.3) is 0 Å². The zero-order chi connectivity index (χ0) is 19.9. The topological polar surface area (TPSA) is 81.4 Å². The Morgan fingerprint density at radius 3 is 2.21 bits per heavy atom. The average molecular weight is 374 g/mol. The Balaban J connectivity index is 1.71. The third-order valence-electron chi connectivity index (χ3n) is 4.31. The molecule has 2 amide bonds. The first kappa shape index (κ1) is 19.2. The van der Waals surface area contributed by atoms with Crippen molar-refractivity contribution in [2.75, 3.05) is 11.9 Å². The predicted octanol–water partition coefficient (Wildman–Crippen LogP) is 4.03. The van der Waals surface area contributed by atoms with Crippen molar-refractivity contribution in [3.05, 3.63) is 83.9 Å². The highest BCUT2D eigenvalue weighted by Gasteiger charge is 2.12. The van der Waals surface area contributed by atoms with E-state index in [0.717, 1.165) is 28.1 Å². The zero-order valence-electron chi connectivity index (χ0n) is 15.6. The maximum atomic E-state index is 11.8. The van der Waals surface area contributed by atoms with E-state index in [1.807, 2.05) is 48.5 Å². The van der Waals surface area contributed by atoms with Crippen LogP contribution in [0.25, 0.3) is 11.1 Å². The van der Waals surface area contributed by atoms with Crippen LogP contribution in [-0.4, -0.2) is 18.4 Å². The van der Waals surface area contributed by atoms with Gasteiger partial charge in [-0.3, -0.25) is 9.59 Å². The van der Waals surface area contributed by atoms with Crippen LogP contribution in [0.5, 0.6) is 5.75 Å². The van der Waals surface area contributed by atoms with Crippen LogP contribution in [0.3, 0.4) is 0 Å². The number of ether oxygens (including phenoxy) is 1. The number of nitrogens with two attached hydrogens (primary N) is 1. The number of anilines is 1. The van der Waals surface area contributed by atoms with E-state index in [4.69, 9.17) is 10.5 Å². The zero-order valence-corrected chi connectivity index (χ0v) is 15.6. The van der Waals surface area contributed by atoms with Crippen molar-refractivity contribution in [1.82, 2.24) is 0 Å². The molecule has 0 aromatic heterocycles. The first-order valence-corrected chi connectivity index (χ1v) is 9.02. The van der Waals surface area contributed by atoms with E-state index in [1.165, 1.54) is 6.92 Å². The van der Waals surface area contributed by atoms with Crippen LogP contribution < -0.4 is 15.8 Å². The van der Waals surface area contributed by atoms with Gasteiger partial charge in [-0.05, 0) is 47.0 Å². The highest BCUT2D eigenvalue weighted by atomic mass is 16.5. The smallest absolute Gasteiger partial charge is 0.249 e. The molecule has 5 nitrogen and oxygen atoms in total. The summed E-state index contributed by atoms with van der Waals surface area (Å²) in [5.41, 5.74) is 9.64. The second kappa shape index (κ2) is 8.86. The highest BCUT2D eigenvalue weighted by molar-refractivity contribution is 6.00. The van der Waals surface area contributed by atoms with Crippen molar-refractivity contribution in [1.29, 1.82) is 0 Å². The number of rotatable bonds is 7. The largest absolute Gasteiger partial charge is 0.493 e. The number of carbonyl (C=O) groups is 2. The van der Waals surface area contributed by atoms with Gasteiger partial charge in [0.05, 0.1) is 6.61 Å². The van der Waals surface area contributed by atoms with Gasteiger partial charge in [0.2, 0.25) is 11.8 Å². The van der Waals surface area contributed by atoms with Crippen molar-refractivity contribution >= 4 is 17.5 Å². The number of hydrogen-bond donors (Lipinski definition) is 2. The number of carbonyl (C=O) groups excluding carboxylic acids is 2. The Hall–Kier alpha value is -3.60. The summed E-state index contributed by atoms with van der Waals surface area (Å²) in [6.45, 7) is 1.95. The van der Waals surface area contributed by atoms with E-state index in [9.17, 15) is 9.59 Å². The molecule has 0 spiro atoms. The van der Waals surface area contributed by atoms with E-state index in [1.54, 1.807) is 24.3 Å². The Morgan fingerprint density at radius 2 is 1.54 bits per heavy atom. The van der Waals surface area contributed by atoms with Gasteiger partial charge >= 0.3 is 0 Å². The van der Waals surface area contributed by atoms with E-state index in [0.29, 0.717) is 18.6 Å². The average Bonchev–Trinajstić information content (AvgIpc) is 2.69. The van der Waals surface area contributed by atoms with Gasteiger partial charge in [-0.2, -0.15) is 0 Å². The first-order valence-electron chi connectivity index (χ1n) is 9.02. The molecule has 0 saturated carbocycles. The Kier molecular flexibility index (Phi) is 6.07. The quantitative estimate of drug-likeness (QED) is 0.655. The van der Waals surface area contributed by atoms with Crippen molar-refractivity contribution < 1.29 is 14.3 Å². The van der Waals surface area contributed by atoms with E-state index in [2.05, 4.69) is 5.32 Å². The molecular weight excluding hydrogens is 352 g/mol.